The zero-order valence-corrected chi connectivity index (χ0v) is 19.6. The zero-order valence-electron chi connectivity index (χ0n) is 17.3. The Morgan fingerprint density at radius 1 is 1.03 bits per heavy atom. The predicted octanol–water partition coefficient (Wildman–Crippen LogP) is 8.39. The maximum atomic E-state index is 12.9. The number of thiophene rings is 1. The summed E-state index contributed by atoms with van der Waals surface area (Å²) in [5.41, 5.74) is 4.11. The third-order valence-electron chi connectivity index (χ3n) is 5.27. The number of hydrogen-bond acceptors (Lipinski definition) is 4. The van der Waals surface area contributed by atoms with Crippen molar-refractivity contribution >= 4 is 67.3 Å². The summed E-state index contributed by atoms with van der Waals surface area (Å²) in [5.74, 6) is 0.730. The highest BCUT2D eigenvalue weighted by Crippen LogP contribution is 2.37. The van der Waals surface area contributed by atoms with Gasteiger partial charge in [-0.15, -0.1) is 11.3 Å². The van der Waals surface area contributed by atoms with E-state index >= 15 is 0 Å². The summed E-state index contributed by atoms with van der Waals surface area (Å²) in [7, 11) is 0. The SMILES string of the molecule is CC(C)c1ccc(-c2nc3cc(NC(=O)c4sc5cc(Cl)ccc5c4Cl)ccc3o2)cc1. The van der Waals surface area contributed by atoms with E-state index in [-0.39, 0.29) is 5.91 Å². The minimum absolute atomic E-state index is 0.278. The predicted molar refractivity (Wildman–Crippen MR) is 133 cm³/mol. The number of carbonyl (C=O) groups is 1. The molecule has 0 atom stereocenters. The van der Waals surface area contributed by atoms with Crippen LogP contribution in [0.15, 0.2) is 65.1 Å². The molecule has 0 saturated heterocycles. The number of benzene rings is 3. The molecule has 5 aromatic rings. The van der Waals surface area contributed by atoms with E-state index in [0.29, 0.717) is 43.5 Å². The van der Waals surface area contributed by atoms with Gasteiger partial charge in [0.1, 0.15) is 10.4 Å². The fraction of sp³-hybridized carbons (Fsp3) is 0.120. The summed E-state index contributed by atoms with van der Waals surface area (Å²) in [4.78, 5) is 17.9. The molecule has 2 heterocycles. The molecule has 5 rings (SSSR count). The second-order valence-corrected chi connectivity index (χ2v) is 9.68. The first-order chi connectivity index (χ1) is 15.4. The number of rotatable bonds is 4. The van der Waals surface area contributed by atoms with Gasteiger partial charge in [-0.3, -0.25) is 4.79 Å². The van der Waals surface area contributed by atoms with Crippen LogP contribution in [-0.2, 0) is 0 Å². The van der Waals surface area contributed by atoms with Crippen LogP contribution in [0.5, 0.6) is 0 Å². The zero-order chi connectivity index (χ0) is 22.4. The Kier molecular flexibility index (Phi) is 5.41. The van der Waals surface area contributed by atoms with Gasteiger partial charge in [0.2, 0.25) is 5.89 Å². The lowest BCUT2D eigenvalue weighted by Gasteiger charge is -2.04. The number of nitrogens with one attached hydrogen (secondary N) is 1. The Balaban J connectivity index is 1.41. The van der Waals surface area contributed by atoms with Crippen LogP contribution in [0, 0.1) is 0 Å². The van der Waals surface area contributed by atoms with Crippen LogP contribution in [0.1, 0.15) is 35.0 Å². The first kappa shape index (κ1) is 21.0. The maximum absolute atomic E-state index is 12.9. The molecule has 160 valence electrons. The van der Waals surface area contributed by atoms with Gasteiger partial charge in [0, 0.05) is 26.4 Å². The molecule has 4 nitrogen and oxygen atoms in total. The second-order valence-electron chi connectivity index (χ2n) is 7.82. The molecular formula is C25H18Cl2N2O2S. The molecule has 0 fully saturated rings. The molecular weight excluding hydrogens is 463 g/mol. The molecule has 0 aliphatic rings. The van der Waals surface area contributed by atoms with Gasteiger partial charge in [0.15, 0.2) is 5.58 Å². The van der Waals surface area contributed by atoms with Crippen molar-refractivity contribution in [2.75, 3.05) is 5.32 Å². The summed E-state index contributed by atoms with van der Waals surface area (Å²) >= 11 is 13.8. The minimum atomic E-state index is -0.278. The lowest BCUT2D eigenvalue weighted by Crippen LogP contribution is -2.10. The van der Waals surface area contributed by atoms with Crippen molar-refractivity contribution in [1.82, 2.24) is 4.98 Å². The molecule has 0 radical (unpaired) electrons. The van der Waals surface area contributed by atoms with Crippen LogP contribution in [0.25, 0.3) is 32.6 Å². The standard InChI is InChI=1S/C25H18Cl2N2O2S/c1-13(2)14-3-5-15(6-4-14)25-29-19-12-17(8-10-20(19)31-25)28-24(30)23-22(27)18-9-7-16(26)11-21(18)32-23/h3-13H,1-2H3,(H,28,30). The quantitative estimate of drug-likeness (QED) is 0.280. The van der Waals surface area contributed by atoms with E-state index < -0.39 is 0 Å². The van der Waals surface area contributed by atoms with Crippen LogP contribution >= 0.6 is 34.5 Å². The Morgan fingerprint density at radius 2 is 1.81 bits per heavy atom. The van der Waals surface area contributed by atoms with Crippen molar-refractivity contribution in [3.8, 4) is 11.5 Å². The molecule has 3 aromatic carbocycles. The third kappa shape index (κ3) is 3.88. The lowest BCUT2D eigenvalue weighted by molar-refractivity contribution is 0.103. The first-order valence-corrected chi connectivity index (χ1v) is 11.7. The van der Waals surface area contributed by atoms with Gasteiger partial charge in [0.05, 0.1) is 5.02 Å². The van der Waals surface area contributed by atoms with E-state index in [0.717, 1.165) is 15.6 Å². The van der Waals surface area contributed by atoms with Gasteiger partial charge < -0.3 is 9.73 Å². The summed E-state index contributed by atoms with van der Waals surface area (Å²) in [6.07, 6.45) is 0. The van der Waals surface area contributed by atoms with Gasteiger partial charge in [-0.05, 0) is 53.9 Å². The fourth-order valence-corrected chi connectivity index (χ4v) is 5.20. The van der Waals surface area contributed by atoms with Crippen molar-refractivity contribution in [1.29, 1.82) is 0 Å². The van der Waals surface area contributed by atoms with Gasteiger partial charge >= 0.3 is 0 Å². The summed E-state index contributed by atoms with van der Waals surface area (Å²) in [6, 6.07) is 19.0. The average Bonchev–Trinajstić information content (AvgIpc) is 3.34. The number of oxazole rings is 1. The first-order valence-electron chi connectivity index (χ1n) is 10.1. The van der Waals surface area contributed by atoms with E-state index in [4.69, 9.17) is 27.6 Å². The van der Waals surface area contributed by atoms with Gasteiger partial charge in [-0.2, -0.15) is 0 Å². The molecule has 0 aliphatic heterocycles. The Morgan fingerprint density at radius 3 is 2.56 bits per heavy atom. The lowest BCUT2D eigenvalue weighted by atomic mass is 10.0. The van der Waals surface area contributed by atoms with E-state index in [2.05, 4.69) is 36.3 Å². The third-order valence-corrected chi connectivity index (χ3v) is 7.16. The normalized spacial score (nSPS) is 11.5. The van der Waals surface area contributed by atoms with Crippen LogP contribution in [-0.4, -0.2) is 10.9 Å². The molecule has 0 unspecified atom stereocenters. The largest absolute Gasteiger partial charge is 0.436 e. The van der Waals surface area contributed by atoms with Crippen molar-refractivity contribution < 1.29 is 9.21 Å². The number of nitrogens with zero attached hydrogens (tertiary/aromatic N) is 1. The smallest absolute Gasteiger partial charge is 0.267 e. The highest BCUT2D eigenvalue weighted by molar-refractivity contribution is 7.21. The summed E-state index contributed by atoms with van der Waals surface area (Å²) in [5, 5.41) is 4.75. The van der Waals surface area contributed by atoms with Crippen molar-refractivity contribution in [3.05, 3.63) is 81.1 Å². The monoisotopic (exact) mass is 480 g/mol. The van der Waals surface area contributed by atoms with E-state index in [1.807, 2.05) is 18.2 Å². The summed E-state index contributed by atoms with van der Waals surface area (Å²) < 4.78 is 6.78. The van der Waals surface area contributed by atoms with Crippen molar-refractivity contribution in [3.63, 3.8) is 0 Å². The Bertz CT molecular complexity index is 1470. The van der Waals surface area contributed by atoms with Crippen molar-refractivity contribution in [2.24, 2.45) is 0 Å². The summed E-state index contributed by atoms with van der Waals surface area (Å²) in [6.45, 7) is 4.32. The van der Waals surface area contributed by atoms with Crippen molar-refractivity contribution in [2.45, 2.75) is 19.8 Å². The average molecular weight is 481 g/mol. The van der Waals surface area contributed by atoms with Crippen LogP contribution < -0.4 is 5.32 Å². The molecule has 2 aromatic heterocycles. The molecule has 7 heteroatoms. The molecule has 0 aliphatic carbocycles. The van der Waals surface area contributed by atoms with E-state index in [9.17, 15) is 4.79 Å². The highest BCUT2D eigenvalue weighted by Gasteiger charge is 2.18. The van der Waals surface area contributed by atoms with Crippen LogP contribution in [0.4, 0.5) is 5.69 Å². The molecule has 0 saturated carbocycles. The maximum Gasteiger partial charge on any atom is 0.267 e. The van der Waals surface area contributed by atoms with Gasteiger partial charge in [0.25, 0.3) is 5.91 Å². The topological polar surface area (TPSA) is 55.1 Å². The Labute approximate surface area is 198 Å². The number of halogens is 2. The van der Waals surface area contributed by atoms with Gasteiger partial charge in [-0.25, -0.2) is 4.98 Å². The fourth-order valence-electron chi connectivity index (χ4n) is 3.51. The van der Waals surface area contributed by atoms with E-state index in [1.165, 1.54) is 16.9 Å². The Hall–Kier alpha value is -2.86. The number of anilines is 1. The highest BCUT2D eigenvalue weighted by atomic mass is 35.5. The molecule has 1 amide bonds. The second kappa shape index (κ2) is 8.24. The number of carbonyl (C=O) groups excluding carboxylic acids is 1. The minimum Gasteiger partial charge on any atom is -0.436 e. The number of aromatic nitrogens is 1. The number of fused-ring (bicyclic) bond motifs is 2. The van der Waals surface area contributed by atoms with Crippen LogP contribution in [0.2, 0.25) is 10.0 Å². The molecule has 0 spiro atoms. The van der Waals surface area contributed by atoms with E-state index in [1.54, 1.807) is 30.3 Å². The molecule has 1 N–H and O–H groups in total. The number of amides is 1. The molecule has 32 heavy (non-hydrogen) atoms. The van der Waals surface area contributed by atoms with Crippen LogP contribution in [0.3, 0.4) is 0 Å². The molecule has 0 bridgehead atoms. The van der Waals surface area contributed by atoms with Gasteiger partial charge in [-0.1, -0.05) is 55.2 Å². The number of hydrogen-bond donors (Lipinski definition) is 1.